The molecule has 3 nitrogen and oxygen atoms in total. The Kier molecular flexibility index (Phi) is 4.28. The van der Waals surface area contributed by atoms with Gasteiger partial charge in [-0.25, -0.2) is 0 Å². The van der Waals surface area contributed by atoms with Gasteiger partial charge in [0.2, 0.25) is 0 Å². The van der Waals surface area contributed by atoms with Crippen LogP contribution in [0.25, 0.3) is 0 Å². The van der Waals surface area contributed by atoms with Gasteiger partial charge < -0.3 is 14.2 Å². The van der Waals surface area contributed by atoms with E-state index in [1.807, 2.05) is 6.92 Å². The Hall–Kier alpha value is -0.120. The van der Waals surface area contributed by atoms with Crippen molar-refractivity contribution >= 4 is 0 Å². The summed E-state index contributed by atoms with van der Waals surface area (Å²) in [5, 5.41) is 0. The van der Waals surface area contributed by atoms with Crippen LogP contribution in [-0.2, 0) is 14.2 Å². The van der Waals surface area contributed by atoms with Crippen molar-refractivity contribution in [2.75, 3.05) is 26.9 Å². The van der Waals surface area contributed by atoms with E-state index >= 15 is 0 Å². The molecule has 1 heterocycles. The maximum Gasteiger partial charge on any atom is 0.167 e. The fourth-order valence-corrected chi connectivity index (χ4v) is 1.99. The first kappa shape index (κ1) is 14.9. The Bertz CT molecular complexity index is 245. The van der Waals surface area contributed by atoms with E-state index in [-0.39, 0.29) is 10.8 Å². The Morgan fingerprint density at radius 3 is 1.94 bits per heavy atom. The van der Waals surface area contributed by atoms with Crippen LogP contribution in [0.2, 0.25) is 0 Å². The first-order valence-corrected chi connectivity index (χ1v) is 6.44. The summed E-state index contributed by atoms with van der Waals surface area (Å²) < 4.78 is 17.4. The van der Waals surface area contributed by atoms with Gasteiger partial charge in [-0.3, -0.25) is 0 Å². The maximum absolute atomic E-state index is 6.02. The molecule has 1 aliphatic heterocycles. The van der Waals surface area contributed by atoms with Crippen LogP contribution in [0.1, 0.15) is 41.5 Å². The SMILES string of the molecule is COCC1(C(C)(C)C)COC(C)(C(C)C)OC1. The van der Waals surface area contributed by atoms with Crippen molar-refractivity contribution in [2.24, 2.45) is 16.7 Å². The minimum atomic E-state index is -0.456. The highest BCUT2D eigenvalue weighted by Gasteiger charge is 2.50. The van der Waals surface area contributed by atoms with Crippen molar-refractivity contribution < 1.29 is 14.2 Å². The van der Waals surface area contributed by atoms with Crippen LogP contribution in [0.15, 0.2) is 0 Å². The summed E-state index contributed by atoms with van der Waals surface area (Å²) in [7, 11) is 1.74. The van der Waals surface area contributed by atoms with Crippen molar-refractivity contribution in [2.45, 2.75) is 47.3 Å². The minimum Gasteiger partial charge on any atom is -0.384 e. The molecule has 0 aromatic rings. The topological polar surface area (TPSA) is 27.7 Å². The smallest absolute Gasteiger partial charge is 0.167 e. The molecule has 0 radical (unpaired) electrons. The molecule has 0 aliphatic carbocycles. The zero-order valence-electron chi connectivity index (χ0n) is 12.4. The zero-order chi connectivity index (χ0) is 13.3. The largest absolute Gasteiger partial charge is 0.384 e. The summed E-state index contributed by atoms with van der Waals surface area (Å²) in [4.78, 5) is 0. The van der Waals surface area contributed by atoms with Gasteiger partial charge in [-0.1, -0.05) is 34.6 Å². The fraction of sp³-hybridized carbons (Fsp3) is 1.00. The van der Waals surface area contributed by atoms with E-state index in [1.165, 1.54) is 0 Å². The normalized spacial score (nSPS) is 35.3. The van der Waals surface area contributed by atoms with Gasteiger partial charge in [-0.2, -0.15) is 0 Å². The zero-order valence-corrected chi connectivity index (χ0v) is 12.4. The van der Waals surface area contributed by atoms with E-state index in [0.29, 0.717) is 25.7 Å². The Labute approximate surface area is 106 Å². The van der Waals surface area contributed by atoms with Gasteiger partial charge in [0.25, 0.3) is 0 Å². The average molecular weight is 244 g/mol. The third-order valence-corrected chi connectivity index (χ3v) is 4.33. The summed E-state index contributed by atoms with van der Waals surface area (Å²) in [5.74, 6) is -0.106. The van der Waals surface area contributed by atoms with Gasteiger partial charge in [-0.15, -0.1) is 0 Å². The second-order valence-corrected chi connectivity index (χ2v) is 6.71. The van der Waals surface area contributed by atoms with Crippen molar-refractivity contribution in [3.8, 4) is 0 Å². The molecule has 3 heteroatoms. The quantitative estimate of drug-likeness (QED) is 0.763. The highest BCUT2D eigenvalue weighted by Crippen LogP contribution is 2.45. The average Bonchev–Trinajstić information content (AvgIpc) is 2.20. The van der Waals surface area contributed by atoms with E-state index in [4.69, 9.17) is 14.2 Å². The Morgan fingerprint density at radius 2 is 1.65 bits per heavy atom. The van der Waals surface area contributed by atoms with Crippen LogP contribution in [0.4, 0.5) is 0 Å². The summed E-state index contributed by atoms with van der Waals surface area (Å²) >= 11 is 0. The molecular formula is C14H28O3. The van der Waals surface area contributed by atoms with Crippen molar-refractivity contribution in [3.05, 3.63) is 0 Å². The predicted octanol–water partition coefficient (Wildman–Crippen LogP) is 3.08. The van der Waals surface area contributed by atoms with E-state index in [0.717, 1.165) is 0 Å². The molecule has 0 unspecified atom stereocenters. The maximum atomic E-state index is 6.02. The van der Waals surface area contributed by atoms with Crippen LogP contribution in [0, 0.1) is 16.7 Å². The summed E-state index contributed by atoms with van der Waals surface area (Å²) in [6.45, 7) is 15.0. The number of rotatable bonds is 3. The Morgan fingerprint density at radius 1 is 1.18 bits per heavy atom. The van der Waals surface area contributed by atoms with Crippen molar-refractivity contribution in [3.63, 3.8) is 0 Å². The third-order valence-electron chi connectivity index (χ3n) is 4.33. The first-order valence-electron chi connectivity index (χ1n) is 6.44. The van der Waals surface area contributed by atoms with Crippen molar-refractivity contribution in [1.29, 1.82) is 0 Å². The molecule has 0 spiro atoms. The van der Waals surface area contributed by atoms with Crippen molar-refractivity contribution in [1.82, 2.24) is 0 Å². The van der Waals surface area contributed by atoms with Gasteiger partial charge in [0.05, 0.1) is 19.8 Å². The van der Waals surface area contributed by atoms with Gasteiger partial charge in [0.15, 0.2) is 5.79 Å². The van der Waals surface area contributed by atoms with E-state index in [9.17, 15) is 0 Å². The molecule has 1 saturated heterocycles. The summed E-state index contributed by atoms with van der Waals surface area (Å²) in [6, 6.07) is 0. The molecule has 0 saturated carbocycles. The molecule has 0 aromatic heterocycles. The lowest BCUT2D eigenvalue weighted by molar-refractivity contribution is -0.332. The van der Waals surface area contributed by atoms with Gasteiger partial charge in [0.1, 0.15) is 0 Å². The molecule has 0 bridgehead atoms. The minimum absolute atomic E-state index is 0.0594. The molecule has 17 heavy (non-hydrogen) atoms. The molecule has 0 aromatic carbocycles. The van der Waals surface area contributed by atoms with E-state index in [1.54, 1.807) is 7.11 Å². The van der Waals surface area contributed by atoms with Gasteiger partial charge in [-0.05, 0) is 12.3 Å². The molecule has 0 amide bonds. The number of methoxy groups -OCH3 is 1. The van der Waals surface area contributed by atoms with Crippen LogP contribution in [0.5, 0.6) is 0 Å². The van der Waals surface area contributed by atoms with E-state index < -0.39 is 5.79 Å². The second kappa shape index (κ2) is 4.87. The highest BCUT2D eigenvalue weighted by molar-refractivity contribution is 4.94. The van der Waals surface area contributed by atoms with Crippen LogP contribution in [0.3, 0.4) is 0 Å². The molecule has 0 atom stereocenters. The molecule has 102 valence electrons. The second-order valence-electron chi connectivity index (χ2n) is 6.71. The van der Waals surface area contributed by atoms with Gasteiger partial charge in [0, 0.05) is 18.4 Å². The molecular weight excluding hydrogens is 216 g/mol. The summed E-state index contributed by atoms with van der Waals surface area (Å²) in [5.41, 5.74) is 0.0392. The number of hydrogen-bond donors (Lipinski definition) is 0. The standard InChI is InChI=1S/C14H28O3/c1-11(2)13(6)16-9-14(8-15-7,10-17-13)12(3,4)5/h11H,8-10H2,1-7H3. The van der Waals surface area contributed by atoms with Crippen LogP contribution >= 0.6 is 0 Å². The molecule has 1 fully saturated rings. The lowest BCUT2D eigenvalue weighted by Gasteiger charge is -2.52. The van der Waals surface area contributed by atoms with E-state index in [2.05, 4.69) is 34.6 Å². The first-order chi connectivity index (χ1) is 7.67. The number of ether oxygens (including phenoxy) is 3. The predicted molar refractivity (Wildman–Crippen MR) is 68.9 cm³/mol. The van der Waals surface area contributed by atoms with Crippen LogP contribution < -0.4 is 0 Å². The lowest BCUT2D eigenvalue weighted by atomic mass is 9.67. The lowest BCUT2D eigenvalue weighted by Crippen LogP contribution is -2.57. The molecule has 1 rings (SSSR count). The third kappa shape index (κ3) is 2.83. The number of hydrogen-bond acceptors (Lipinski definition) is 3. The van der Waals surface area contributed by atoms with Crippen LogP contribution in [-0.4, -0.2) is 32.7 Å². The van der Waals surface area contributed by atoms with Gasteiger partial charge >= 0.3 is 0 Å². The summed E-state index contributed by atoms with van der Waals surface area (Å²) in [6.07, 6.45) is 0. The highest BCUT2D eigenvalue weighted by atomic mass is 16.7. The molecule has 0 N–H and O–H groups in total. The monoisotopic (exact) mass is 244 g/mol. The molecule has 1 aliphatic rings. The fourth-order valence-electron chi connectivity index (χ4n) is 1.99. The Balaban J connectivity index is 2.82.